The van der Waals surface area contributed by atoms with Crippen molar-refractivity contribution in [2.45, 2.75) is 95.6 Å². The molecule has 11 heteroatoms. The van der Waals surface area contributed by atoms with Crippen molar-refractivity contribution in [3.05, 3.63) is 122 Å². The van der Waals surface area contributed by atoms with Gasteiger partial charge in [0.1, 0.15) is 32.5 Å². The molecule has 0 radical (unpaired) electrons. The second-order valence-corrected chi connectivity index (χ2v) is 16.9. The number of aliphatic carboxylic acids is 1. The molecule has 0 bridgehead atoms. The van der Waals surface area contributed by atoms with Crippen LogP contribution in [0, 0.1) is 31.9 Å². The molecule has 8 rings (SSSR count). The van der Waals surface area contributed by atoms with Crippen LogP contribution in [0.5, 0.6) is 0 Å². The number of rotatable bonds is 10. The van der Waals surface area contributed by atoms with E-state index in [0.717, 1.165) is 77.7 Å². The maximum absolute atomic E-state index is 13.7. The third-order valence-corrected chi connectivity index (χ3v) is 14.1. The molecule has 2 aromatic heterocycles. The van der Waals surface area contributed by atoms with E-state index in [4.69, 9.17) is 0 Å². The minimum absolute atomic E-state index is 0.000933. The maximum Gasteiger partial charge on any atom is 0.323 e. The highest BCUT2D eigenvalue weighted by atomic mass is 32.1. The summed E-state index contributed by atoms with van der Waals surface area (Å²) in [6.07, 6.45) is 12.0. The number of nitrogens with one attached hydrogen (secondary N) is 1. The van der Waals surface area contributed by atoms with Gasteiger partial charge in [0, 0.05) is 28.7 Å². The van der Waals surface area contributed by atoms with Gasteiger partial charge in [-0.1, -0.05) is 82.3 Å². The molecule has 2 unspecified atom stereocenters. The summed E-state index contributed by atoms with van der Waals surface area (Å²) >= 11 is 1.90. The zero-order valence-electron chi connectivity index (χ0n) is 30.9. The van der Waals surface area contributed by atoms with E-state index in [9.17, 15) is 30.0 Å². The Hall–Kier alpha value is -5.49. The first-order valence-corrected chi connectivity index (χ1v) is 20.7. The van der Waals surface area contributed by atoms with Crippen molar-refractivity contribution >= 4 is 51.7 Å². The fraction of sp³-hybridized carbons (Fsp3) is 0.341. The molecule has 1 fully saturated rings. The molecule has 0 amide bonds. The summed E-state index contributed by atoms with van der Waals surface area (Å²) in [4.78, 5) is 43.6. The monoisotopic (exact) mass is 767 g/mol. The van der Waals surface area contributed by atoms with E-state index in [-0.39, 0.29) is 24.8 Å². The third-order valence-electron chi connectivity index (χ3n) is 11.7. The summed E-state index contributed by atoms with van der Waals surface area (Å²) in [5.74, 6) is -0.884. The summed E-state index contributed by atoms with van der Waals surface area (Å²) in [5, 5.41) is 28.3. The Bertz CT molecular complexity index is 2770. The molecule has 3 heterocycles. The van der Waals surface area contributed by atoms with Gasteiger partial charge in [0.05, 0.1) is 4.53 Å². The van der Waals surface area contributed by atoms with E-state index in [0.29, 0.717) is 16.5 Å². The summed E-state index contributed by atoms with van der Waals surface area (Å²) < 4.78 is 1.68. The van der Waals surface area contributed by atoms with Crippen LogP contribution in [-0.2, 0) is 16.8 Å². The van der Waals surface area contributed by atoms with Crippen molar-refractivity contribution < 1.29 is 9.90 Å². The lowest BCUT2D eigenvalue weighted by atomic mass is 9.71. The van der Waals surface area contributed by atoms with Gasteiger partial charge in [0.2, 0.25) is 0 Å². The van der Waals surface area contributed by atoms with E-state index in [2.05, 4.69) is 78.3 Å². The molecule has 278 valence electrons. The highest BCUT2D eigenvalue weighted by molar-refractivity contribution is 7.11. The average Bonchev–Trinajstić information content (AvgIpc) is 3.99. The number of fused-ring (bicyclic) bond motifs is 6. The predicted molar refractivity (Wildman–Crippen MR) is 217 cm³/mol. The quantitative estimate of drug-likeness (QED) is 0.150. The Morgan fingerprint density at radius 3 is 2.44 bits per heavy atom. The van der Waals surface area contributed by atoms with E-state index in [1.165, 1.54) is 52.0 Å². The normalized spacial score (nSPS) is 18.3. The number of carbonyl (C=O) groups is 1. The SMILES string of the molecule is CCCCC1(CCCC)c2ccccc2-c2ccc(N3c4ccc(/C=c5/s/c(=c6\sc(=C(C#N)C#N)[nH]c6=O)n(CC(=O)O)c5=O)cc4C4CCCC43)cc21. The molecule has 3 aromatic carbocycles. The van der Waals surface area contributed by atoms with Gasteiger partial charge in [-0.3, -0.25) is 19.0 Å². The first kappa shape index (κ1) is 36.5. The van der Waals surface area contributed by atoms with E-state index in [1.807, 2.05) is 6.07 Å². The zero-order chi connectivity index (χ0) is 38.4. The standard InChI is InChI=1S/C44H41N5O4S2/c1-3-5-18-44(19-6-4-2)33-12-8-7-10-29(33)30-16-15-28(22-34(30)44)49-35-13-9-11-31(35)32-20-26(14-17-36(32)49)21-37-42(53)48(25-38(50)51)43(54-37)39-40(52)47-41(55-39)27(23-45)24-46/h7-8,10,12,14-17,20-22,31,35H,3-6,9,11,13,18-19,25H2,1-2H3,(H,47,52)(H,50,51)/b37-21+,43-39-. The lowest BCUT2D eigenvalue weighted by molar-refractivity contribution is -0.137. The van der Waals surface area contributed by atoms with Crippen LogP contribution in [0.3, 0.4) is 0 Å². The van der Waals surface area contributed by atoms with Gasteiger partial charge in [0.25, 0.3) is 11.1 Å². The number of nitriles is 2. The number of carboxylic acids is 1. The lowest BCUT2D eigenvalue weighted by Crippen LogP contribution is -2.29. The number of benzene rings is 3. The number of anilines is 2. The smallest absolute Gasteiger partial charge is 0.323 e. The van der Waals surface area contributed by atoms with Crippen LogP contribution in [0.15, 0.2) is 70.3 Å². The molecule has 2 aliphatic carbocycles. The van der Waals surface area contributed by atoms with Gasteiger partial charge in [0.15, 0.2) is 5.57 Å². The molecule has 3 aliphatic rings. The first-order chi connectivity index (χ1) is 26.7. The molecule has 55 heavy (non-hydrogen) atoms. The minimum Gasteiger partial charge on any atom is -0.480 e. The molecule has 5 aromatic rings. The van der Waals surface area contributed by atoms with Crippen LogP contribution in [0.1, 0.15) is 99.8 Å². The summed E-state index contributed by atoms with van der Waals surface area (Å²) in [6.45, 7) is 3.93. The van der Waals surface area contributed by atoms with Crippen molar-refractivity contribution in [3.63, 3.8) is 0 Å². The molecule has 0 spiro atoms. The van der Waals surface area contributed by atoms with Crippen molar-refractivity contribution in [2.75, 3.05) is 4.90 Å². The van der Waals surface area contributed by atoms with Gasteiger partial charge in [-0.25, -0.2) is 0 Å². The van der Waals surface area contributed by atoms with Gasteiger partial charge in [-0.15, -0.1) is 22.7 Å². The van der Waals surface area contributed by atoms with Crippen LogP contribution in [0.2, 0.25) is 0 Å². The van der Waals surface area contributed by atoms with E-state index < -0.39 is 23.6 Å². The second kappa shape index (κ2) is 14.6. The molecule has 1 aliphatic heterocycles. The third kappa shape index (κ3) is 6.07. The van der Waals surface area contributed by atoms with Crippen molar-refractivity contribution in [1.82, 2.24) is 9.55 Å². The summed E-state index contributed by atoms with van der Waals surface area (Å²) in [6, 6.07) is 26.4. The highest BCUT2D eigenvalue weighted by Gasteiger charge is 2.45. The van der Waals surface area contributed by atoms with Crippen LogP contribution >= 0.6 is 22.7 Å². The topological polar surface area (TPSA) is 143 Å². The Morgan fingerprint density at radius 1 is 0.964 bits per heavy atom. The fourth-order valence-corrected chi connectivity index (χ4v) is 11.5. The molecular formula is C44H41N5O4S2. The molecule has 1 saturated carbocycles. The first-order valence-electron chi connectivity index (χ1n) is 19.1. The average molecular weight is 768 g/mol. The summed E-state index contributed by atoms with van der Waals surface area (Å²) in [7, 11) is 0. The Labute approximate surface area is 326 Å². The van der Waals surface area contributed by atoms with Crippen LogP contribution < -0.4 is 25.2 Å². The number of unbranched alkanes of at least 4 members (excludes halogenated alkanes) is 2. The van der Waals surface area contributed by atoms with E-state index >= 15 is 0 Å². The number of carboxylic acid groups (broad SMARTS) is 1. The van der Waals surface area contributed by atoms with Gasteiger partial charge >= 0.3 is 5.97 Å². The summed E-state index contributed by atoms with van der Waals surface area (Å²) in [5.41, 5.74) is 8.77. The molecule has 2 N–H and O–H groups in total. The Balaban J connectivity index is 1.25. The Morgan fingerprint density at radius 2 is 1.71 bits per heavy atom. The number of nitrogens with zero attached hydrogens (tertiary/aromatic N) is 4. The largest absolute Gasteiger partial charge is 0.480 e. The zero-order valence-corrected chi connectivity index (χ0v) is 32.5. The number of aromatic nitrogens is 2. The van der Waals surface area contributed by atoms with Crippen molar-refractivity contribution in [2.24, 2.45) is 0 Å². The number of H-pyrrole nitrogens is 1. The van der Waals surface area contributed by atoms with Gasteiger partial charge in [-0.05, 0) is 89.4 Å². The number of thiazole rings is 2. The number of aromatic amines is 1. The molecule has 9 nitrogen and oxygen atoms in total. The van der Waals surface area contributed by atoms with Crippen molar-refractivity contribution in [1.29, 1.82) is 10.5 Å². The molecular weight excluding hydrogens is 727 g/mol. The fourth-order valence-electron chi connectivity index (χ4n) is 9.35. The van der Waals surface area contributed by atoms with Crippen LogP contribution in [0.25, 0.3) is 22.8 Å². The maximum atomic E-state index is 13.7. The van der Waals surface area contributed by atoms with Gasteiger partial charge < -0.3 is 15.0 Å². The Kier molecular flexibility index (Phi) is 9.71. The van der Waals surface area contributed by atoms with E-state index in [1.54, 1.807) is 18.2 Å². The number of hydrogen-bond acceptors (Lipinski definition) is 8. The molecule has 0 saturated heterocycles. The lowest BCUT2D eigenvalue weighted by Gasteiger charge is -2.34. The minimum atomic E-state index is -1.23. The number of hydrogen-bond donors (Lipinski definition) is 2. The predicted octanol–water partition coefficient (Wildman–Crippen LogP) is 7.49. The van der Waals surface area contributed by atoms with Crippen LogP contribution in [-0.4, -0.2) is 26.7 Å². The van der Waals surface area contributed by atoms with Crippen LogP contribution in [0.4, 0.5) is 11.4 Å². The highest BCUT2D eigenvalue weighted by Crippen LogP contribution is 2.57. The molecule has 2 atom stereocenters. The second-order valence-electron chi connectivity index (χ2n) is 14.9. The van der Waals surface area contributed by atoms with Crippen molar-refractivity contribution in [3.8, 4) is 23.3 Å². The van der Waals surface area contributed by atoms with Gasteiger partial charge in [-0.2, -0.15) is 10.5 Å².